The van der Waals surface area contributed by atoms with Crippen molar-refractivity contribution >= 4 is 23.2 Å². The molecule has 0 saturated heterocycles. The largest absolute Gasteiger partial charge is 0.272 e. The van der Waals surface area contributed by atoms with Crippen LogP contribution in [0.1, 0.15) is 42.1 Å². The zero-order valence-electron chi connectivity index (χ0n) is 12.6. The van der Waals surface area contributed by atoms with Gasteiger partial charge in [-0.3, -0.25) is 4.79 Å². The van der Waals surface area contributed by atoms with Crippen LogP contribution in [0.15, 0.2) is 59.7 Å². The molecule has 0 heterocycles. The number of hydrogen-bond donors (Lipinski definition) is 1. The number of carbonyl (C=O) groups is 1. The molecule has 0 bridgehead atoms. The number of amides is 1. The Balaban J connectivity index is 2.16. The van der Waals surface area contributed by atoms with Gasteiger partial charge in [-0.15, -0.1) is 0 Å². The van der Waals surface area contributed by atoms with Crippen molar-refractivity contribution in [1.82, 2.24) is 5.43 Å². The molecule has 0 aliphatic heterocycles. The minimum absolute atomic E-state index is 0.296. The standard InChI is InChI=1S/C18H19ClN2O/c1-2-3-13-17(14-9-5-4-6-10-14)20-21-18(22)15-11-7-8-12-16(15)19/h4-12H,2-3,13H2,1H3,(H,21,22). The van der Waals surface area contributed by atoms with Crippen molar-refractivity contribution in [1.29, 1.82) is 0 Å². The number of benzene rings is 2. The van der Waals surface area contributed by atoms with Crippen LogP contribution < -0.4 is 5.43 Å². The molecular formula is C18H19ClN2O. The highest BCUT2D eigenvalue weighted by molar-refractivity contribution is 6.33. The van der Waals surface area contributed by atoms with Crippen molar-refractivity contribution in [3.8, 4) is 0 Å². The Hall–Kier alpha value is -2.13. The third kappa shape index (κ3) is 4.43. The van der Waals surface area contributed by atoms with Crippen molar-refractivity contribution in [3.05, 3.63) is 70.7 Å². The van der Waals surface area contributed by atoms with Crippen LogP contribution in [0, 0.1) is 0 Å². The fourth-order valence-electron chi connectivity index (χ4n) is 2.06. The average Bonchev–Trinajstić information content (AvgIpc) is 2.56. The molecule has 2 aromatic carbocycles. The van der Waals surface area contributed by atoms with Gasteiger partial charge in [0.05, 0.1) is 16.3 Å². The second-order valence-electron chi connectivity index (χ2n) is 4.95. The molecule has 3 nitrogen and oxygen atoms in total. The number of unbranched alkanes of at least 4 members (excludes halogenated alkanes) is 1. The van der Waals surface area contributed by atoms with E-state index in [1.807, 2.05) is 30.3 Å². The molecule has 114 valence electrons. The van der Waals surface area contributed by atoms with Crippen molar-refractivity contribution in [2.24, 2.45) is 5.10 Å². The summed E-state index contributed by atoms with van der Waals surface area (Å²) in [6.45, 7) is 2.13. The van der Waals surface area contributed by atoms with Crippen LogP contribution in [0.5, 0.6) is 0 Å². The van der Waals surface area contributed by atoms with Crippen LogP contribution in [-0.2, 0) is 0 Å². The molecule has 0 aliphatic rings. The van der Waals surface area contributed by atoms with E-state index < -0.39 is 0 Å². The summed E-state index contributed by atoms with van der Waals surface area (Å²) in [4.78, 5) is 12.2. The molecule has 2 rings (SSSR count). The quantitative estimate of drug-likeness (QED) is 0.611. The molecule has 0 fully saturated rings. The minimum Gasteiger partial charge on any atom is -0.267 e. The topological polar surface area (TPSA) is 41.5 Å². The fourth-order valence-corrected chi connectivity index (χ4v) is 2.28. The van der Waals surface area contributed by atoms with Crippen molar-refractivity contribution in [2.75, 3.05) is 0 Å². The van der Waals surface area contributed by atoms with Crippen molar-refractivity contribution in [3.63, 3.8) is 0 Å². The normalized spacial score (nSPS) is 11.3. The zero-order valence-corrected chi connectivity index (χ0v) is 13.3. The van der Waals surface area contributed by atoms with Gasteiger partial charge in [-0.1, -0.05) is 67.4 Å². The van der Waals surface area contributed by atoms with Crippen molar-refractivity contribution in [2.45, 2.75) is 26.2 Å². The van der Waals surface area contributed by atoms with E-state index in [1.54, 1.807) is 24.3 Å². The lowest BCUT2D eigenvalue weighted by atomic mass is 10.1. The minimum atomic E-state index is -0.296. The third-order valence-corrected chi connectivity index (χ3v) is 3.61. The fraction of sp³-hybridized carbons (Fsp3) is 0.222. The van der Waals surface area contributed by atoms with Crippen LogP contribution >= 0.6 is 11.6 Å². The maximum atomic E-state index is 12.2. The summed E-state index contributed by atoms with van der Waals surface area (Å²) in [7, 11) is 0. The lowest BCUT2D eigenvalue weighted by Gasteiger charge is -2.07. The Morgan fingerprint density at radius 3 is 2.45 bits per heavy atom. The summed E-state index contributed by atoms with van der Waals surface area (Å²) in [5.74, 6) is -0.296. The highest BCUT2D eigenvalue weighted by Gasteiger charge is 2.09. The lowest BCUT2D eigenvalue weighted by Crippen LogP contribution is -2.20. The Kier molecular flexibility index (Phi) is 6.16. The van der Waals surface area contributed by atoms with Gasteiger partial charge in [0.25, 0.3) is 5.91 Å². The smallest absolute Gasteiger partial charge is 0.267 e. The molecule has 1 amide bonds. The Bertz CT molecular complexity index is 653. The maximum absolute atomic E-state index is 12.2. The molecule has 1 N–H and O–H groups in total. The molecule has 22 heavy (non-hydrogen) atoms. The van der Waals surface area contributed by atoms with Crippen LogP contribution in [-0.4, -0.2) is 11.6 Å². The van der Waals surface area contributed by atoms with Gasteiger partial charge in [-0.25, -0.2) is 5.43 Å². The van der Waals surface area contributed by atoms with Crippen LogP contribution in [0.3, 0.4) is 0 Å². The zero-order chi connectivity index (χ0) is 15.8. The lowest BCUT2D eigenvalue weighted by molar-refractivity contribution is 0.0955. The number of halogens is 1. The molecule has 4 heteroatoms. The van der Waals surface area contributed by atoms with E-state index in [4.69, 9.17) is 11.6 Å². The van der Waals surface area contributed by atoms with E-state index in [0.29, 0.717) is 10.6 Å². The summed E-state index contributed by atoms with van der Waals surface area (Å²) in [5, 5.41) is 4.73. The summed E-state index contributed by atoms with van der Waals surface area (Å²) >= 11 is 6.03. The van der Waals surface area contributed by atoms with Crippen LogP contribution in [0.25, 0.3) is 0 Å². The van der Waals surface area contributed by atoms with Gasteiger partial charge in [0.15, 0.2) is 0 Å². The van der Waals surface area contributed by atoms with E-state index in [1.165, 1.54) is 0 Å². The molecule has 2 aromatic rings. The Morgan fingerprint density at radius 1 is 1.09 bits per heavy atom. The van der Waals surface area contributed by atoms with Crippen LogP contribution in [0.2, 0.25) is 5.02 Å². The van der Waals surface area contributed by atoms with E-state index in [2.05, 4.69) is 17.5 Å². The number of hydrazone groups is 1. The molecular weight excluding hydrogens is 296 g/mol. The molecule has 0 radical (unpaired) electrons. The highest BCUT2D eigenvalue weighted by atomic mass is 35.5. The highest BCUT2D eigenvalue weighted by Crippen LogP contribution is 2.14. The second kappa shape index (κ2) is 8.35. The Labute approximate surface area is 136 Å². The van der Waals surface area contributed by atoms with Gasteiger partial charge in [0.1, 0.15) is 0 Å². The maximum Gasteiger partial charge on any atom is 0.272 e. The first-order chi connectivity index (χ1) is 10.7. The Morgan fingerprint density at radius 2 is 1.77 bits per heavy atom. The van der Waals surface area contributed by atoms with Gasteiger partial charge < -0.3 is 0 Å². The van der Waals surface area contributed by atoms with Gasteiger partial charge in [-0.05, 0) is 30.5 Å². The van der Waals surface area contributed by atoms with Gasteiger partial charge >= 0.3 is 0 Å². The first-order valence-electron chi connectivity index (χ1n) is 7.39. The summed E-state index contributed by atoms with van der Waals surface area (Å²) in [5.41, 5.74) is 4.94. The number of rotatable bonds is 6. The first-order valence-corrected chi connectivity index (χ1v) is 7.77. The number of hydrogen-bond acceptors (Lipinski definition) is 2. The summed E-state index contributed by atoms with van der Waals surface area (Å²) in [6.07, 6.45) is 2.92. The number of nitrogens with one attached hydrogen (secondary N) is 1. The van der Waals surface area contributed by atoms with Gasteiger partial charge in [0.2, 0.25) is 0 Å². The summed E-state index contributed by atoms with van der Waals surface area (Å²) in [6, 6.07) is 16.8. The van der Waals surface area contributed by atoms with E-state index in [0.717, 1.165) is 30.5 Å². The first kappa shape index (κ1) is 16.2. The van der Waals surface area contributed by atoms with E-state index >= 15 is 0 Å². The van der Waals surface area contributed by atoms with Gasteiger partial charge in [-0.2, -0.15) is 5.10 Å². The monoisotopic (exact) mass is 314 g/mol. The predicted octanol–water partition coefficient (Wildman–Crippen LogP) is 4.66. The van der Waals surface area contributed by atoms with E-state index in [-0.39, 0.29) is 5.91 Å². The van der Waals surface area contributed by atoms with Crippen molar-refractivity contribution < 1.29 is 4.79 Å². The second-order valence-corrected chi connectivity index (χ2v) is 5.36. The molecule has 0 atom stereocenters. The van der Waals surface area contributed by atoms with E-state index in [9.17, 15) is 4.79 Å². The van der Waals surface area contributed by atoms with Crippen LogP contribution in [0.4, 0.5) is 0 Å². The molecule has 0 unspecified atom stereocenters. The van der Waals surface area contributed by atoms with Gasteiger partial charge in [0, 0.05) is 0 Å². The molecule has 0 spiro atoms. The molecule has 0 saturated carbocycles. The molecule has 0 aliphatic carbocycles. The number of nitrogens with zero attached hydrogens (tertiary/aromatic N) is 1. The third-order valence-electron chi connectivity index (χ3n) is 3.29. The molecule has 0 aromatic heterocycles. The number of carbonyl (C=O) groups excluding carboxylic acids is 1. The summed E-state index contributed by atoms with van der Waals surface area (Å²) < 4.78 is 0. The predicted molar refractivity (Wildman–Crippen MR) is 91.4 cm³/mol. The average molecular weight is 315 g/mol. The SMILES string of the molecule is CCCCC(=NNC(=O)c1ccccc1Cl)c1ccccc1.